The molecule has 1 aromatic carbocycles. The van der Waals surface area contributed by atoms with Gasteiger partial charge in [-0.3, -0.25) is 0 Å². The second-order valence-corrected chi connectivity index (χ2v) is 7.25. The molecule has 0 aromatic heterocycles. The molecule has 0 saturated carbocycles. The summed E-state index contributed by atoms with van der Waals surface area (Å²) < 4.78 is 26.0. The highest BCUT2D eigenvalue weighted by Gasteiger charge is 2.24. The molecule has 0 atom stereocenters. The van der Waals surface area contributed by atoms with E-state index < -0.39 is 10.0 Å². The fourth-order valence-corrected chi connectivity index (χ4v) is 3.99. The van der Waals surface area contributed by atoms with E-state index in [9.17, 15) is 8.42 Å². The van der Waals surface area contributed by atoms with Gasteiger partial charge in [0.25, 0.3) is 0 Å². The third-order valence-electron chi connectivity index (χ3n) is 3.04. The van der Waals surface area contributed by atoms with Gasteiger partial charge in [-0.05, 0) is 30.5 Å². The van der Waals surface area contributed by atoms with Crippen molar-refractivity contribution < 1.29 is 8.42 Å². The molecule has 1 aromatic rings. The van der Waals surface area contributed by atoms with E-state index in [1.165, 1.54) is 0 Å². The third kappa shape index (κ3) is 3.38. The first kappa shape index (κ1) is 14.1. The summed E-state index contributed by atoms with van der Waals surface area (Å²) in [6.45, 7) is 1.26. The molecule has 1 aliphatic rings. The average Bonchev–Trinajstić information content (AvgIpc) is 2.35. The van der Waals surface area contributed by atoms with Crippen LogP contribution < -0.4 is 0 Å². The molecule has 3 nitrogen and oxygen atoms in total. The highest BCUT2D eigenvalue weighted by atomic mass is 35.5. The van der Waals surface area contributed by atoms with E-state index in [1.54, 1.807) is 22.5 Å². The van der Waals surface area contributed by atoms with Gasteiger partial charge in [-0.1, -0.05) is 35.7 Å². The number of nitrogens with zero attached hydrogens (tertiary/aromatic N) is 1. The molecule has 0 N–H and O–H groups in total. The predicted molar refractivity (Wildman–Crippen MR) is 74.5 cm³/mol. The summed E-state index contributed by atoms with van der Waals surface area (Å²) in [7, 11) is -3.23. The summed E-state index contributed by atoms with van der Waals surface area (Å²) in [5, 5.41) is 0.832. The van der Waals surface area contributed by atoms with Gasteiger partial charge in [0.1, 0.15) is 0 Å². The number of piperidine rings is 1. The highest BCUT2D eigenvalue weighted by molar-refractivity contribution is 7.88. The van der Waals surface area contributed by atoms with Gasteiger partial charge < -0.3 is 0 Å². The van der Waals surface area contributed by atoms with E-state index in [0.717, 1.165) is 19.3 Å². The molecule has 1 heterocycles. The van der Waals surface area contributed by atoms with Crippen LogP contribution in [-0.2, 0) is 15.8 Å². The van der Waals surface area contributed by atoms with Gasteiger partial charge >= 0.3 is 0 Å². The standard InChI is InChI=1S/C12H15Cl2NO2S/c13-11-5-4-10(8-12(11)14)9-18(16,17)15-6-2-1-3-7-15/h4-5,8H,1-3,6-7,9H2. The topological polar surface area (TPSA) is 37.4 Å². The van der Waals surface area contributed by atoms with Crippen LogP contribution in [-0.4, -0.2) is 25.8 Å². The molecule has 1 saturated heterocycles. The van der Waals surface area contributed by atoms with Gasteiger partial charge in [0.2, 0.25) is 10.0 Å². The monoisotopic (exact) mass is 307 g/mol. The van der Waals surface area contributed by atoms with E-state index >= 15 is 0 Å². The van der Waals surface area contributed by atoms with Crippen molar-refractivity contribution in [2.75, 3.05) is 13.1 Å². The fraction of sp³-hybridized carbons (Fsp3) is 0.500. The Labute approximate surface area is 118 Å². The molecule has 0 spiro atoms. The van der Waals surface area contributed by atoms with Crippen LogP contribution in [0, 0.1) is 0 Å². The van der Waals surface area contributed by atoms with Crippen LogP contribution in [0.2, 0.25) is 10.0 Å². The Morgan fingerprint density at radius 3 is 2.33 bits per heavy atom. The Morgan fingerprint density at radius 1 is 1.06 bits per heavy atom. The number of hydrogen-bond donors (Lipinski definition) is 0. The summed E-state index contributed by atoms with van der Waals surface area (Å²) in [5.74, 6) is -0.0100. The van der Waals surface area contributed by atoms with Crippen molar-refractivity contribution in [2.24, 2.45) is 0 Å². The summed E-state index contributed by atoms with van der Waals surface area (Å²) in [6, 6.07) is 4.95. The van der Waals surface area contributed by atoms with E-state index in [-0.39, 0.29) is 5.75 Å². The number of hydrogen-bond acceptors (Lipinski definition) is 2. The molecule has 0 radical (unpaired) electrons. The maximum absolute atomic E-state index is 12.2. The van der Waals surface area contributed by atoms with Crippen molar-refractivity contribution in [3.63, 3.8) is 0 Å². The zero-order chi connectivity index (χ0) is 13.2. The minimum atomic E-state index is -3.23. The first-order chi connectivity index (χ1) is 8.49. The fourth-order valence-electron chi connectivity index (χ4n) is 2.07. The molecule has 0 unspecified atom stereocenters. The van der Waals surface area contributed by atoms with E-state index in [1.807, 2.05) is 0 Å². The molecule has 1 fully saturated rings. The van der Waals surface area contributed by atoms with Crippen molar-refractivity contribution >= 4 is 33.2 Å². The second kappa shape index (κ2) is 5.78. The smallest absolute Gasteiger partial charge is 0.212 e. The molecule has 100 valence electrons. The van der Waals surface area contributed by atoms with Crippen molar-refractivity contribution in [3.05, 3.63) is 33.8 Å². The van der Waals surface area contributed by atoms with E-state index in [2.05, 4.69) is 0 Å². The van der Waals surface area contributed by atoms with Crippen molar-refractivity contribution in [1.29, 1.82) is 0 Å². The van der Waals surface area contributed by atoms with Gasteiger partial charge in [-0.25, -0.2) is 12.7 Å². The van der Waals surface area contributed by atoms with E-state index in [0.29, 0.717) is 28.7 Å². The first-order valence-electron chi connectivity index (χ1n) is 5.91. The van der Waals surface area contributed by atoms with Crippen LogP contribution in [0.25, 0.3) is 0 Å². The van der Waals surface area contributed by atoms with E-state index in [4.69, 9.17) is 23.2 Å². The minimum Gasteiger partial charge on any atom is -0.212 e. The lowest BCUT2D eigenvalue weighted by atomic mass is 10.2. The molecule has 0 aliphatic carbocycles. The SMILES string of the molecule is O=S(=O)(Cc1ccc(Cl)c(Cl)c1)N1CCCCC1. The van der Waals surface area contributed by atoms with Gasteiger partial charge in [-0.2, -0.15) is 0 Å². The maximum Gasteiger partial charge on any atom is 0.218 e. The van der Waals surface area contributed by atoms with Crippen molar-refractivity contribution in [3.8, 4) is 0 Å². The number of halogens is 2. The lowest BCUT2D eigenvalue weighted by Crippen LogP contribution is -2.36. The zero-order valence-corrected chi connectivity index (χ0v) is 12.2. The molecule has 6 heteroatoms. The Bertz CT molecular complexity index is 525. The quantitative estimate of drug-likeness (QED) is 0.859. The molecule has 2 rings (SSSR count). The molecule has 0 bridgehead atoms. The molecule has 18 heavy (non-hydrogen) atoms. The van der Waals surface area contributed by atoms with Crippen LogP contribution in [0.1, 0.15) is 24.8 Å². The Morgan fingerprint density at radius 2 is 1.72 bits per heavy atom. The molecular weight excluding hydrogens is 293 g/mol. The lowest BCUT2D eigenvalue weighted by Gasteiger charge is -2.25. The first-order valence-corrected chi connectivity index (χ1v) is 8.27. The zero-order valence-electron chi connectivity index (χ0n) is 9.90. The van der Waals surface area contributed by atoms with Crippen LogP contribution in [0.4, 0.5) is 0 Å². The van der Waals surface area contributed by atoms with Gasteiger partial charge in [0.05, 0.1) is 15.8 Å². The lowest BCUT2D eigenvalue weighted by molar-refractivity contribution is 0.346. The second-order valence-electron chi connectivity index (χ2n) is 4.46. The average molecular weight is 308 g/mol. The molecular formula is C12H15Cl2NO2S. The van der Waals surface area contributed by atoms with Crippen LogP contribution in [0.3, 0.4) is 0 Å². The van der Waals surface area contributed by atoms with Gasteiger partial charge in [0, 0.05) is 13.1 Å². The largest absolute Gasteiger partial charge is 0.218 e. The Balaban J connectivity index is 2.13. The van der Waals surface area contributed by atoms with Crippen molar-refractivity contribution in [2.45, 2.75) is 25.0 Å². The number of benzene rings is 1. The number of rotatable bonds is 3. The number of sulfonamides is 1. The summed E-state index contributed by atoms with van der Waals surface area (Å²) in [4.78, 5) is 0. The minimum absolute atomic E-state index is 0.0100. The summed E-state index contributed by atoms with van der Waals surface area (Å²) in [5.41, 5.74) is 0.676. The van der Waals surface area contributed by atoms with Gasteiger partial charge in [0.15, 0.2) is 0 Å². The van der Waals surface area contributed by atoms with Crippen molar-refractivity contribution in [1.82, 2.24) is 4.31 Å². The predicted octanol–water partition coefficient (Wildman–Crippen LogP) is 3.31. The van der Waals surface area contributed by atoms with Crippen LogP contribution in [0.15, 0.2) is 18.2 Å². The third-order valence-corrected chi connectivity index (χ3v) is 5.63. The Kier molecular flexibility index (Phi) is 4.54. The summed E-state index contributed by atoms with van der Waals surface area (Å²) in [6.07, 6.45) is 3.00. The van der Waals surface area contributed by atoms with Gasteiger partial charge in [-0.15, -0.1) is 0 Å². The molecule has 1 aliphatic heterocycles. The normalized spacial score (nSPS) is 17.9. The maximum atomic E-state index is 12.2. The highest BCUT2D eigenvalue weighted by Crippen LogP contribution is 2.24. The summed E-state index contributed by atoms with van der Waals surface area (Å²) >= 11 is 11.7. The molecule has 0 amide bonds. The van der Waals surface area contributed by atoms with Crippen LogP contribution >= 0.6 is 23.2 Å². The van der Waals surface area contributed by atoms with Crippen LogP contribution in [0.5, 0.6) is 0 Å². The Hall–Kier alpha value is -0.290.